The standard InChI is InChI=1S/C32H46Cl2N2O7/c1-35(32(37)24-26-5-10-29(33)30(34)23-26)31(25-36-11-3-4-12-36)27-6-8-28(9-7-27)43-22-21-42-20-19-41-18-17-40-16-15-39-14-13-38-2/h5-10,23,31H,3-4,11-22,24-25H2,1-2H3. The minimum Gasteiger partial charge on any atom is -0.491 e. The van der Waals surface area contributed by atoms with Gasteiger partial charge in [-0.2, -0.15) is 0 Å². The van der Waals surface area contributed by atoms with E-state index in [-0.39, 0.29) is 18.4 Å². The van der Waals surface area contributed by atoms with Gasteiger partial charge in [0.05, 0.1) is 82.0 Å². The van der Waals surface area contributed by atoms with E-state index < -0.39 is 0 Å². The summed E-state index contributed by atoms with van der Waals surface area (Å²) in [6, 6.07) is 13.2. The molecule has 1 fully saturated rings. The SMILES string of the molecule is COCCOCCOCCOCCOCCOc1ccc(C(CN2CCCC2)N(C)C(=O)Cc2ccc(Cl)c(Cl)c2)cc1. The van der Waals surface area contributed by atoms with Gasteiger partial charge in [-0.3, -0.25) is 4.79 Å². The average Bonchev–Trinajstić information content (AvgIpc) is 3.53. The highest BCUT2D eigenvalue weighted by molar-refractivity contribution is 6.42. The zero-order chi connectivity index (χ0) is 30.7. The number of likely N-dealkylation sites (N-methyl/N-ethyl adjacent to an activating group) is 1. The van der Waals surface area contributed by atoms with Crippen LogP contribution in [0.4, 0.5) is 0 Å². The number of carbonyl (C=O) groups excluding carboxylic acids is 1. The number of nitrogens with zero attached hydrogens (tertiary/aromatic N) is 2. The van der Waals surface area contributed by atoms with E-state index in [9.17, 15) is 4.79 Å². The largest absolute Gasteiger partial charge is 0.491 e. The number of ether oxygens (including phenoxy) is 6. The van der Waals surface area contributed by atoms with E-state index >= 15 is 0 Å². The molecule has 1 aliphatic rings. The second-order valence-electron chi connectivity index (χ2n) is 10.3. The normalized spacial score (nSPS) is 14.2. The third-order valence-electron chi connectivity index (χ3n) is 7.14. The highest BCUT2D eigenvalue weighted by Crippen LogP contribution is 2.27. The smallest absolute Gasteiger partial charge is 0.227 e. The first kappa shape index (κ1) is 35.5. The van der Waals surface area contributed by atoms with Gasteiger partial charge in [-0.1, -0.05) is 41.4 Å². The Morgan fingerprint density at radius 1 is 0.791 bits per heavy atom. The molecule has 0 bridgehead atoms. The molecule has 1 saturated heterocycles. The molecule has 0 saturated carbocycles. The molecule has 0 N–H and O–H groups in total. The summed E-state index contributed by atoms with van der Waals surface area (Å²) in [7, 11) is 3.52. The number of benzene rings is 2. The van der Waals surface area contributed by atoms with E-state index in [1.165, 1.54) is 12.8 Å². The van der Waals surface area contributed by atoms with E-state index in [4.69, 9.17) is 51.6 Å². The first-order valence-electron chi connectivity index (χ1n) is 14.9. The van der Waals surface area contributed by atoms with E-state index in [0.29, 0.717) is 76.1 Å². The molecule has 240 valence electrons. The van der Waals surface area contributed by atoms with Crippen LogP contribution in [0.3, 0.4) is 0 Å². The van der Waals surface area contributed by atoms with Crippen LogP contribution in [0.25, 0.3) is 0 Å². The van der Waals surface area contributed by atoms with Crippen molar-refractivity contribution >= 4 is 29.1 Å². The number of likely N-dealkylation sites (tertiary alicyclic amines) is 1. The fourth-order valence-corrected chi connectivity index (χ4v) is 5.01. The summed E-state index contributed by atoms with van der Waals surface area (Å²) in [6.45, 7) is 8.06. The zero-order valence-corrected chi connectivity index (χ0v) is 27.0. The van der Waals surface area contributed by atoms with Crippen molar-refractivity contribution in [3.05, 3.63) is 63.6 Å². The fourth-order valence-electron chi connectivity index (χ4n) is 4.69. The Hall–Kier alpha value is -1.95. The first-order chi connectivity index (χ1) is 21.0. The maximum absolute atomic E-state index is 13.3. The van der Waals surface area contributed by atoms with Crippen LogP contribution in [0.1, 0.15) is 30.0 Å². The molecular formula is C32H46Cl2N2O7. The number of rotatable bonds is 22. The lowest BCUT2D eigenvalue weighted by Crippen LogP contribution is -2.39. The van der Waals surface area contributed by atoms with Gasteiger partial charge in [0.15, 0.2) is 0 Å². The maximum Gasteiger partial charge on any atom is 0.227 e. The predicted molar refractivity (Wildman–Crippen MR) is 168 cm³/mol. The number of hydrogen-bond acceptors (Lipinski definition) is 8. The van der Waals surface area contributed by atoms with Gasteiger partial charge in [0.25, 0.3) is 0 Å². The number of carbonyl (C=O) groups is 1. The van der Waals surface area contributed by atoms with Crippen molar-refractivity contribution in [3.8, 4) is 5.75 Å². The molecule has 0 radical (unpaired) electrons. The van der Waals surface area contributed by atoms with Gasteiger partial charge in [-0.25, -0.2) is 0 Å². The van der Waals surface area contributed by atoms with Crippen LogP contribution >= 0.6 is 23.2 Å². The second-order valence-corrected chi connectivity index (χ2v) is 11.1. The third kappa shape index (κ3) is 13.7. The van der Waals surface area contributed by atoms with Gasteiger partial charge in [0.2, 0.25) is 5.91 Å². The Kier molecular flexibility index (Phi) is 17.3. The quantitative estimate of drug-likeness (QED) is 0.168. The average molecular weight is 642 g/mol. The minimum absolute atomic E-state index is 0.0277. The van der Waals surface area contributed by atoms with Crippen molar-refractivity contribution in [2.45, 2.75) is 25.3 Å². The van der Waals surface area contributed by atoms with Crippen LogP contribution in [0.5, 0.6) is 5.75 Å². The molecule has 0 aromatic heterocycles. The van der Waals surface area contributed by atoms with Crippen LogP contribution in [0.2, 0.25) is 10.0 Å². The molecule has 2 aromatic carbocycles. The molecular weight excluding hydrogens is 595 g/mol. The summed E-state index contributed by atoms with van der Waals surface area (Å²) in [5.74, 6) is 0.788. The van der Waals surface area contributed by atoms with Gasteiger partial charge in [-0.05, 0) is 61.3 Å². The topological polar surface area (TPSA) is 78.9 Å². The van der Waals surface area contributed by atoms with Crippen LogP contribution in [-0.2, 0) is 34.9 Å². The molecule has 1 aliphatic heterocycles. The molecule has 3 rings (SSSR count). The Bertz CT molecular complexity index is 1050. The van der Waals surface area contributed by atoms with Crippen molar-refractivity contribution in [2.24, 2.45) is 0 Å². The van der Waals surface area contributed by atoms with Gasteiger partial charge in [0.1, 0.15) is 12.4 Å². The molecule has 11 heteroatoms. The lowest BCUT2D eigenvalue weighted by molar-refractivity contribution is -0.131. The molecule has 0 aliphatic carbocycles. The van der Waals surface area contributed by atoms with Crippen molar-refractivity contribution in [1.29, 1.82) is 0 Å². The zero-order valence-electron chi connectivity index (χ0n) is 25.4. The summed E-state index contributed by atoms with van der Waals surface area (Å²) >= 11 is 12.2. The number of hydrogen-bond donors (Lipinski definition) is 0. The fraction of sp³-hybridized carbons (Fsp3) is 0.594. The van der Waals surface area contributed by atoms with Crippen molar-refractivity contribution in [3.63, 3.8) is 0 Å². The van der Waals surface area contributed by atoms with Crippen molar-refractivity contribution in [1.82, 2.24) is 9.80 Å². The summed E-state index contributed by atoms with van der Waals surface area (Å²) in [5, 5.41) is 0.935. The van der Waals surface area contributed by atoms with Crippen LogP contribution in [-0.4, -0.2) is 116 Å². The summed E-state index contributed by atoms with van der Waals surface area (Å²) < 4.78 is 32.7. The highest BCUT2D eigenvalue weighted by atomic mass is 35.5. The van der Waals surface area contributed by atoms with E-state index in [1.54, 1.807) is 19.2 Å². The van der Waals surface area contributed by atoms with Crippen LogP contribution in [0.15, 0.2) is 42.5 Å². The van der Waals surface area contributed by atoms with Gasteiger partial charge >= 0.3 is 0 Å². The molecule has 9 nitrogen and oxygen atoms in total. The Morgan fingerprint density at radius 3 is 1.91 bits per heavy atom. The molecule has 43 heavy (non-hydrogen) atoms. The van der Waals surface area contributed by atoms with Crippen LogP contribution in [0, 0.1) is 0 Å². The lowest BCUT2D eigenvalue weighted by atomic mass is 10.0. The van der Waals surface area contributed by atoms with Crippen molar-refractivity contribution in [2.75, 3.05) is 99.9 Å². The lowest BCUT2D eigenvalue weighted by Gasteiger charge is -2.32. The van der Waals surface area contributed by atoms with Crippen LogP contribution < -0.4 is 4.74 Å². The number of halogens is 2. The molecule has 1 atom stereocenters. The predicted octanol–water partition coefficient (Wildman–Crippen LogP) is 4.92. The number of amides is 1. The minimum atomic E-state index is -0.0783. The molecule has 1 amide bonds. The summed E-state index contributed by atoms with van der Waals surface area (Å²) in [5.41, 5.74) is 1.91. The monoisotopic (exact) mass is 640 g/mol. The molecule has 2 aromatic rings. The van der Waals surface area contributed by atoms with Gasteiger partial charge < -0.3 is 38.2 Å². The van der Waals surface area contributed by atoms with E-state index in [0.717, 1.165) is 36.5 Å². The van der Waals surface area contributed by atoms with Crippen molar-refractivity contribution < 1.29 is 33.2 Å². The summed E-state index contributed by atoms with van der Waals surface area (Å²) in [4.78, 5) is 17.6. The Balaban J connectivity index is 1.36. The van der Waals surface area contributed by atoms with E-state index in [1.807, 2.05) is 42.3 Å². The first-order valence-corrected chi connectivity index (χ1v) is 15.7. The molecule has 1 heterocycles. The number of methoxy groups -OCH3 is 1. The summed E-state index contributed by atoms with van der Waals surface area (Å²) in [6.07, 6.45) is 2.64. The highest BCUT2D eigenvalue weighted by Gasteiger charge is 2.26. The molecule has 0 spiro atoms. The molecule has 1 unspecified atom stereocenters. The van der Waals surface area contributed by atoms with Gasteiger partial charge in [-0.15, -0.1) is 0 Å². The Labute approximate surface area is 266 Å². The third-order valence-corrected chi connectivity index (χ3v) is 7.88. The Morgan fingerprint density at radius 2 is 1.35 bits per heavy atom. The van der Waals surface area contributed by atoms with Gasteiger partial charge in [0, 0.05) is 20.7 Å². The second kappa shape index (κ2) is 20.9. The maximum atomic E-state index is 13.3. The van der Waals surface area contributed by atoms with E-state index in [2.05, 4.69) is 4.90 Å².